The zero-order valence-corrected chi connectivity index (χ0v) is 16.3. The SMILES string of the molecule is CCC(SC)(S(C)=O)C(O)(/C=C/c1ccc(Cl)c(Cl)c1)C(F)(F)F. The fourth-order valence-electron chi connectivity index (χ4n) is 2.38. The zero-order valence-electron chi connectivity index (χ0n) is 13.2. The predicted molar refractivity (Wildman–Crippen MR) is 97.1 cm³/mol. The van der Waals surface area contributed by atoms with Crippen molar-refractivity contribution in [1.29, 1.82) is 0 Å². The molecule has 1 aromatic carbocycles. The molecule has 0 aliphatic rings. The van der Waals surface area contributed by atoms with E-state index in [1.807, 2.05) is 0 Å². The molecule has 0 saturated heterocycles. The van der Waals surface area contributed by atoms with Crippen molar-refractivity contribution >= 4 is 51.8 Å². The van der Waals surface area contributed by atoms with E-state index in [1.54, 1.807) is 0 Å². The maximum Gasteiger partial charge on any atom is 0.423 e. The minimum atomic E-state index is -5.01. The van der Waals surface area contributed by atoms with Crippen LogP contribution in [0.15, 0.2) is 24.3 Å². The van der Waals surface area contributed by atoms with Crippen LogP contribution in [0.1, 0.15) is 18.9 Å². The van der Waals surface area contributed by atoms with Crippen molar-refractivity contribution in [3.8, 4) is 0 Å². The highest BCUT2D eigenvalue weighted by Crippen LogP contribution is 2.50. The van der Waals surface area contributed by atoms with Crippen molar-refractivity contribution in [3.05, 3.63) is 39.9 Å². The van der Waals surface area contributed by atoms with Gasteiger partial charge in [-0.1, -0.05) is 42.3 Å². The lowest BCUT2D eigenvalue weighted by Crippen LogP contribution is -2.61. The number of benzene rings is 1. The van der Waals surface area contributed by atoms with E-state index in [2.05, 4.69) is 0 Å². The van der Waals surface area contributed by atoms with Crippen LogP contribution in [0, 0.1) is 0 Å². The number of alkyl halides is 3. The second-order valence-electron chi connectivity index (χ2n) is 5.04. The topological polar surface area (TPSA) is 37.3 Å². The Morgan fingerprint density at radius 2 is 1.88 bits per heavy atom. The average Bonchev–Trinajstić information content (AvgIpc) is 2.48. The molecule has 0 bridgehead atoms. The quantitative estimate of drug-likeness (QED) is 0.691. The summed E-state index contributed by atoms with van der Waals surface area (Å²) in [4.78, 5) is 0. The van der Waals surface area contributed by atoms with Gasteiger partial charge in [0.2, 0.25) is 5.60 Å². The third-order valence-electron chi connectivity index (χ3n) is 3.73. The third-order valence-corrected chi connectivity index (χ3v) is 8.46. The smallest absolute Gasteiger partial charge is 0.375 e. The van der Waals surface area contributed by atoms with Crippen LogP contribution in [0.2, 0.25) is 10.0 Å². The van der Waals surface area contributed by atoms with Crippen LogP contribution in [0.5, 0.6) is 0 Å². The lowest BCUT2D eigenvalue weighted by molar-refractivity contribution is -0.243. The van der Waals surface area contributed by atoms with Crippen LogP contribution >= 0.6 is 35.0 Å². The predicted octanol–water partition coefficient (Wildman–Crippen LogP) is 5.15. The molecule has 0 aliphatic heterocycles. The van der Waals surface area contributed by atoms with E-state index < -0.39 is 26.7 Å². The summed E-state index contributed by atoms with van der Waals surface area (Å²) in [7, 11) is -1.95. The van der Waals surface area contributed by atoms with Crippen molar-refractivity contribution in [2.75, 3.05) is 12.5 Å². The van der Waals surface area contributed by atoms with E-state index in [1.165, 1.54) is 31.4 Å². The fraction of sp³-hybridized carbons (Fsp3) is 0.467. The zero-order chi connectivity index (χ0) is 18.8. The number of halogens is 5. The van der Waals surface area contributed by atoms with Crippen LogP contribution in [0.25, 0.3) is 6.08 Å². The summed E-state index contributed by atoms with van der Waals surface area (Å²) in [6.45, 7) is 1.46. The van der Waals surface area contributed by atoms with Gasteiger partial charge in [0.15, 0.2) is 0 Å². The van der Waals surface area contributed by atoms with Gasteiger partial charge in [-0.2, -0.15) is 13.2 Å². The summed E-state index contributed by atoms with van der Waals surface area (Å²) in [6.07, 6.45) is -0.862. The second-order valence-corrected chi connectivity index (χ2v) is 8.82. The van der Waals surface area contributed by atoms with Gasteiger partial charge in [0.25, 0.3) is 0 Å². The van der Waals surface area contributed by atoms with E-state index in [-0.39, 0.29) is 16.5 Å². The van der Waals surface area contributed by atoms with Gasteiger partial charge >= 0.3 is 6.18 Å². The first-order valence-corrected chi connectivity index (χ1v) is 10.3. The molecule has 0 saturated carbocycles. The highest BCUT2D eigenvalue weighted by atomic mass is 35.5. The lowest BCUT2D eigenvalue weighted by Gasteiger charge is -2.43. The highest BCUT2D eigenvalue weighted by molar-refractivity contribution is 8.12. The van der Waals surface area contributed by atoms with Gasteiger partial charge < -0.3 is 5.11 Å². The summed E-state index contributed by atoms with van der Waals surface area (Å²) in [5.74, 6) is 0. The summed E-state index contributed by atoms with van der Waals surface area (Å²) >= 11 is 12.4. The normalized spacial score (nSPS) is 19.0. The fourth-order valence-corrected chi connectivity index (χ4v) is 5.44. The van der Waals surface area contributed by atoms with Gasteiger partial charge in [-0.3, -0.25) is 4.21 Å². The number of aliphatic hydroxyl groups is 1. The Morgan fingerprint density at radius 1 is 1.29 bits per heavy atom. The van der Waals surface area contributed by atoms with Crippen molar-refractivity contribution in [2.24, 2.45) is 0 Å². The highest BCUT2D eigenvalue weighted by Gasteiger charge is 2.66. The minimum Gasteiger partial charge on any atom is -0.375 e. The van der Waals surface area contributed by atoms with Gasteiger partial charge in [0, 0.05) is 17.1 Å². The van der Waals surface area contributed by atoms with Crippen LogP contribution < -0.4 is 0 Å². The molecule has 24 heavy (non-hydrogen) atoms. The van der Waals surface area contributed by atoms with Gasteiger partial charge in [-0.15, -0.1) is 11.8 Å². The molecular weight excluding hydrogens is 404 g/mol. The molecular formula is C15H17Cl2F3O2S2. The van der Waals surface area contributed by atoms with Crippen molar-refractivity contribution < 1.29 is 22.5 Å². The molecule has 9 heteroatoms. The molecule has 0 aliphatic carbocycles. The van der Waals surface area contributed by atoms with Gasteiger partial charge in [-0.05, 0) is 36.4 Å². The van der Waals surface area contributed by atoms with E-state index in [9.17, 15) is 22.5 Å². The number of rotatable bonds is 6. The molecule has 2 nitrogen and oxygen atoms in total. The first kappa shape index (κ1) is 21.8. The van der Waals surface area contributed by atoms with E-state index in [0.29, 0.717) is 11.6 Å². The molecule has 0 amide bonds. The monoisotopic (exact) mass is 420 g/mol. The van der Waals surface area contributed by atoms with Crippen molar-refractivity contribution in [3.63, 3.8) is 0 Å². The van der Waals surface area contributed by atoms with Gasteiger partial charge in [-0.25, -0.2) is 0 Å². The van der Waals surface area contributed by atoms with E-state index >= 15 is 0 Å². The summed E-state index contributed by atoms with van der Waals surface area (Å²) in [5.41, 5.74) is -2.94. The Hall–Kier alpha value is -0.210. The first-order valence-electron chi connectivity index (χ1n) is 6.77. The maximum absolute atomic E-state index is 13.7. The number of hydrogen-bond acceptors (Lipinski definition) is 3. The van der Waals surface area contributed by atoms with Crippen LogP contribution in [-0.2, 0) is 10.8 Å². The molecule has 1 aromatic rings. The molecule has 3 atom stereocenters. The van der Waals surface area contributed by atoms with Crippen LogP contribution in [0.3, 0.4) is 0 Å². The average molecular weight is 421 g/mol. The Labute approximate surface area is 155 Å². The Morgan fingerprint density at radius 3 is 2.25 bits per heavy atom. The Bertz CT molecular complexity index is 646. The molecule has 3 unspecified atom stereocenters. The second kappa shape index (κ2) is 7.99. The molecule has 0 aromatic heterocycles. The molecule has 1 rings (SSSR count). The number of thioether (sulfide) groups is 1. The van der Waals surface area contributed by atoms with Crippen LogP contribution in [0.4, 0.5) is 13.2 Å². The molecule has 0 heterocycles. The van der Waals surface area contributed by atoms with Crippen molar-refractivity contribution in [2.45, 2.75) is 29.2 Å². The summed E-state index contributed by atoms with van der Waals surface area (Å²) < 4.78 is 51.2. The van der Waals surface area contributed by atoms with Crippen molar-refractivity contribution in [1.82, 2.24) is 0 Å². The molecule has 1 N–H and O–H groups in total. The van der Waals surface area contributed by atoms with E-state index in [4.69, 9.17) is 23.2 Å². The Balaban J connectivity index is 3.48. The first-order chi connectivity index (χ1) is 10.9. The third kappa shape index (κ3) is 3.96. The summed E-state index contributed by atoms with van der Waals surface area (Å²) in [5, 5.41) is 11.0. The van der Waals surface area contributed by atoms with E-state index in [0.717, 1.165) is 24.1 Å². The number of hydrogen-bond donors (Lipinski definition) is 1. The standard InChI is InChI=1S/C15H17Cl2F3O2S2/c1-4-14(23-2,24(3)22)13(21,15(18,19)20)8-7-10-5-6-11(16)12(17)9-10/h5-9,21H,4H2,1-3H3/b8-7+. The Kier molecular flexibility index (Phi) is 7.27. The van der Waals surface area contributed by atoms with Crippen LogP contribution in [-0.4, -0.2) is 37.7 Å². The molecule has 0 fully saturated rings. The molecule has 0 spiro atoms. The van der Waals surface area contributed by atoms with Gasteiger partial charge in [0.05, 0.1) is 10.0 Å². The molecule has 0 radical (unpaired) electrons. The largest absolute Gasteiger partial charge is 0.423 e. The van der Waals surface area contributed by atoms with Gasteiger partial charge in [0.1, 0.15) is 4.08 Å². The maximum atomic E-state index is 13.7. The summed E-state index contributed by atoms with van der Waals surface area (Å²) in [6, 6.07) is 4.29. The molecule has 136 valence electrons. The lowest BCUT2D eigenvalue weighted by atomic mass is 9.94. The minimum absolute atomic E-state index is 0.140.